The van der Waals surface area contributed by atoms with Gasteiger partial charge in [0.2, 0.25) is 0 Å². The first-order valence-corrected chi connectivity index (χ1v) is 7.77. The molecule has 2 rings (SSSR count). The second-order valence-corrected chi connectivity index (χ2v) is 5.56. The van der Waals surface area contributed by atoms with Gasteiger partial charge < -0.3 is 4.74 Å². The van der Waals surface area contributed by atoms with Gasteiger partial charge in [-0.15, -0.1) is 0 Å². The number of ether oxygens (including phenoxy) is 1. The molecular weight excluding hydrogens is 260 g/mol. The Morgan fingerprint density at radius 3 is 2.63 bits per heavy atom. The number of halogens is 1. The van der Waals surface area contributed by atoms with Crippen LogP contribution in [0.4, 0.5) is 0 Å². The Bertz CT molecular complexity index is 405. The lowest BCUT2D eigenvalue weighted by molar-refractivity contribution is -0.000307. The van der Waals surface area contributed by atoms with E-state index in [9.17, 15) is 0 Å². The van der Waals surface area contributed by atoms with Crippen LogP contribution in [0.25, 0.3) is 0 Å². The zero-order valence-electron chi connectivity index (χ0n) is 11.9. The number of aryl methyl sites for hydroxylation is 1. The SMILES string of the molecule is CCOC(c1nc(Cl)cc(CC)n1)C1CCCCC1. The number of hydrogen-bond donors (Lipinski definition) is 0. The van der Waals surface area contributed by atoms with E-state index in [1.807, 2.05) is 13.0 Å². The molecule has 1 heterocycles. The zero-order chi connectivity index (χ0) is 13.7. The molecule has 1 atom stereocenters. The monoisotopic (exact) mass is 282 g/mol. The molecule has 1 aliphatic rings. The maximum absolute atomic E-state index is 6.11. The molecule has 0 aliphatic heterocycles. The summed E-state index contributed by atoms with van der Waals surface area (Å²) in [6.07, 6.45) is 7.22. The molecule has 19 heavy (non-hydrogen) atoms. The zero-order valence-corrected chi connectivity index (χ0v) is 12.6. The van der Waals surface area contributed by atoms with Crippen molar-refractivity contribution < 1.29 is 4.74 Å². The van der Waals surface area contributed by atoms with Crippen LogP contribution in [0, 0.1) is 5.92 Å². The molecule has 1 fully saturated rings. The van der Waals surface area contributed by atoms with Crippen molar-refractivity contribution in [2.45, 2.75) is 58.5 Å². The molecule has 0 amide bonds. The van der Waals surface area contributed by atoms with Crippen molar-refractivity contribution in [3.63, 3.8) is 0 Å². The first kappa shape index (κ1) is 14.7. The van der Waals surface area contributed by atoms with Gasteiger partial charge in [0, 0.05) is 12.3 Å². The fraction of sp³-hybridized carbons (Fsp3) is 0.733. The Labute approximate surface area is 120 Å². The highest BCUT2D eigenvalue weighted by Crippen LogP contribution is 2.35. The molecule has 1 aromatic rings. The molecule has 0 bridgehead atoms. The third kappa shape index (κ3) is 3.90. The van der Waals surface area contributed by atoms with E-state index in [0.29, 0.717) is 17.7 Å². The fourth-order valence-electron chi connectivity index (χ4n) is 2.83. The van der Waals surface area contributed by atoms with Crippen LogP contribution in [-0.2, 0) is 11.2 Å². The molecule has 3 nitrogen and oxygen atoms in total. The molecule has 0 aromatic carbocycles. The largest absolute Gasteiger partial charge is 0.370 e. The van der Waals surface area contributed by atoms with E-state index in [4.69, 9.17) is 16.3 Å². The van der Waals surface area contributed by atoms with E-state index in [-0.39, 0.29) is 6.10 Å². The summed E-state index contributed by atoms with van der Waals surface area (Å²) >= 11 is 6.11. The third-order valence-corrected chi connectivity index (χ3v) is 4.00. The average molecular weight is 283 g/mol. The van der Waals surface area contributed by atoms with Gasteiger partial charge in [-0.3, -0.25) is 0 Å². The minimum absolute atomic E-state index is 0.00861. The van der Waals surface area contributed by atoms with Crippen LogP contribution < -0.4 is 0 Å². The van der Waals surface area contributed by atoms with Gasteiger partial charge >= 0.3 is 0 Å². The van der Waals surface area contributed by atoms with E-state index < -0.39 is 0 Å². The average Bonchev–Trinajstić information content (AvgIpc) is 2.45. The van der Waals surface area contributed by atoms with Crippen LogP contribution in [0.15, 0.2) is 6.07 Å². The maximum atomic E-state index is 6.11. The molecule has 0 N–H and O–H groups in total. The summed E-state index contributed by atoms with van der Waals surface area (Å²) in [6, 6.07) is 1.84. The Morgan fingerprint density at radius 2 is 2.00 bits per heavy atom. The number of rotatable bonds is 5. The minimum atomic E-state index is 0.00861. The van der Waals surface area contributed by atoms with Gasteiger partial charge in [0.1, 0.15) is 11.3 Å². The molecule has 1 aromatic heterocycles. The van der Waals surface area contributed by atoms with Gasteiger partial charge in [0.05, 0.1) is 0 Å². The van der Waals surface area contributed by atoms with Crippen molar-refractivity contribution in [2.24, 2.45) is 5.92 Å². The highest BCUT2D eigenvalue weighted by molar-refractivity contribution is 6.29. The van der Waals surface area contributed by atoms with Gasteiger partial charge in [-0.05, 0) is 38.2 Å². The van der Waals surface area contributed by atoms with Crippen LogP contribution in [0.5, 0.6) is 0 Å². The maximum Gasteiger partial charge on any atom is 0.159 e. The molecule has 1 saturated carbocycles. The van der Waals surface area contributed by atoms with E-state index in [1.54, 1.807) is 0 Å². The van der Waals surface area contributed by atoms with Crippen molar-refractivity contribution in [3.05, 3.63) is 22.7 Å². The summed E-state index contributed by atoms with van der Waals surface area (Å²) in [7, 11) is 0. The summed E-state index contributed by atoms with van der Waals surface area (Å²) < 4.78 is 5.94. The second kappa shape index (κ2) is 7.20. The van der Waals surface area contributed by atoms with Crippen LogP contribution >= 0.6 is 11.6 Å². The van der Waals surface area contributed by atoms with Crippen molar-refractivity contribution in [1.82, 2.24) is 9.97 Å². The second-order valence-electron chi connectivity index (χ2n) is 5.17. The molecule has 4 heteroatoms. The number of hydrogen-bond acceptors (Lipinski definition) is 3. The van der Waals surface area contributed by atoms with Gasteiger partial charge in [0.15, 0.2) is 5.82 Å². The lowest BCUT2D eigenvalue weighted by Gasteiger charge is -2.29. The van der Waals surface area contributed by atoms with E-state index >= 15 is 0 Å². The van der Waals surface area contributed by atoms with Crippen molar-refractivity contribution in [1.29, 1.82) is 0 Å². The van der Waals surface area contributed by atoms with E-state index in [1.165, 1.54) is 32.1 Å². The lowest BCUT2D eigenvalue weighted by atomic mass is 9.85. The third-order valence-electron chi connectivity index (χ3n) is 3.81. The van der Waals surface area contributed by atoms with Crippen LogP contribution in [0.2, 0.25) is 5.15 Å². The van der Waals surface area contributed by atoms with E-state index in [0.717, 1.165) is 17.9 Å². The lowest BCUT2D eigenvalue weighted by Crippen LogP contribution is -2.21. The van der Waals surface area contributed by atoms with Crippen LogP contribution in [0.1, 0.15) is 63.6 Å². The molecule has 0 saturated heterocycles. The van der Waals surface area contributed by atoms with E-state index in [2.05, 4.69) is 16.9 Å². The summed E-state index contributed by atoms with van der Waals surface area (Å²) in [6.45, 7) is 4.80. The fourth-order valence-corrected chi connectivity index (χ4v) is 3.04. The predicted molar refractivity (Wildman–Crippen MR) is 77.4 cm³/mol. The minimum Gasteiger partial charge on any atom is -0.370 e. The summed E-state index contributed by atoms with van der Waals surface area (Å²) in [4.78, 5) is 9.03. The quantitative estimate of drug-likeness (QED) is 0.753. The van der Waals surface area contributed by atoms with Gasteiger partial charge in [-0.25, -0.2) is 9.97 Å². The highest BCUT2D eigenvalue weighted by Gasteiger charge is 2.28. The molecule has 106 valence electrons. The van der Waals surface area contributed by atoms with Crippen molar-refractivity contribution in [2.75, 3.05) is 6.61 Å². The van der Waals surface area contributed by atoms with Crippen molar-refractivity contribution in [3.8, 4) is 0 Å². The number of aromatic nitrogens is 2. The first-order chi connectivity index (χ1) is 9.24. The van der Waals surface area contributed by atoms with Gasteiger partial charge in [-0.1, -0.05) is 37.8 Å². The standard InChI is InChI=1S/C15H23ClN2O/c1-3-12-10-13(16)18-15(17-12)14(19-4-2)11-8-6-5-7-9-11/h10-11,14H,3-9H2,1-2H3. The van der Waals surface area contributed by atoms with Gasteiger partial charge in [0.25, 0.3) is 0 Å². The first-order valence-electron chi connectivity index (χ1n) is 7.39. The smallest absolute Gasteiger partial charge is 0.159 e. The number of nitrogens with zero attached hydrogens (tertiary/aromatic N) is 2. The summed E-state index contributed by atoms with van der Waals surface area (Å²) in [5.41, 5.74) is 0.996. The molecule has 0 radical (unpaired) electrons. The molecule has 1 unspecified atom stereocenters. The Hall–Kier alpha value is -0.670. The normalized spacial score (nSPS) is 18.5. The molecule has 0 spiro atoms. The van der Waals surface area contributed by atoms with Crippen LogP contribution in [0.3, 0.4) is 0 Å². The predicted octanol–water partition coefficient (Wildman–Crippen LogP) is 4.35. The Balaban J connectivity index is 2.24. The van der Waals surface area contributed by atoms with Gasteiger partial charge in [-0.2, -0.15) is 0 Å². The van der Waals surface area contributed by atoms with Crippen LogP contribution in [-0.4, -0.2) is 16.6 Å². The highest BCUT2D eigenvalue weighted by atomic mass is 35.5. The summed E-state index contributed by atoms with van der Waals surface area (Å²) in [5.74, 6) is 1.31. The molecular formula is C15H23ClN2O. The summed E-state index contributed by atoms with van der Waals surface area (Å²) in [5, 5.41) is 0.530. The Morgan fingerprint density at radius 1 is 1.26 bits per heavy atom. The Kier molecular flexibility index (Phi) is 5.59. The molecule has 1 aliphatic carbocycles. The van der Waals surface area contributed by atoms with Crippen molar-refractivity contribution >= 4 is 11.6 Å². The topological polar surface area (TPSA) is 35.0 Å².